The summed E-state index contributed by atoms with van der Waals surface area (Å²) < 4.78 is 7.44. The van der Waals surface area contributed by atoms with Crippen molar-refractivity contribution in [3.8, 4) is 0 Å². The third-order valence-corrected chi connectivity index (χ3v) is 4.59. The molecule has 0 saturated carbocycles. The van der Waals surface area contributed by atoms with Crippen molar-refractivity contribution in [2.75, 3.05) is 32.8 Å². The van der Waals surface area contributed by atoms with E-state index in [-0.39, 0.29) is 11.9 Å². The summed E-state index contributed by atoms with van der Waals surface area (Å²) in [6.07, 6.45) is 6.69. The summed E-state index contributed by atoms with van der Waals surface area (Å²) in [7, 11) is 0. The molecule has 1 N–H and O–H groups in total. The number of hydrogen-bond donors (Lipinski definition) is 1. The smallest absolute Gasteiger partial charge is 0.224 e. The maximum atomic E-state index is 12.3. The topological polar surface area (TPSA) is 59.4 Å². The summed E-state index contributed by atoms with van der Waals surface area (Å²) in [5.74, 6) is 0.885. The first-order valence-electron chi connectivity index (χ1n) is 8.28. The number of hydrogen-bond acceptors (Lipinski definition) is 4. The molecule has 0 bridgehead atoms. The molecule has 2 aliphatic heterocycles. The number of carbonyl (C=O) groups is 1. The summed E-state index contributed by atoms with van der Waals surface area (Å²) in [5, 5.41) is 7.70. The first kappa shape index (κ1) is 15.5. The number of amides is 1. The van der Waals surface area contributed by atoms with Gasteiger partial charge in [-0.25, -0.2) is 0 Å². The minimum Gasteiger partial charge on any atom is -0.378 e. The summed E-state index contributed by atoms with van der Waals surface area (Å²) in [5.41, 5.74) is 1.20. The number of aryl methyl sites for hydroxylation is 1. The molecule has 3 heterocycles. The molecular formula is C16H26N4O2. The molecule has 22 heavy (non-hydrogen) atoms. The second-order valence-electron chi connectivity index (χ2n) is 6.49. The lowest BCUT2D eigenvalue weighted by Gasteiger charge is -2.33. The molecule has 1 amide bonds. The monoisotopic (exact) mass is 306 g/mol. The molecule has 0 aliphatic carbocycles. The van der Waals surface area contributed by atoms with Crippen molar-refractivity contribution in [3.05, 3.63) is 18.0 Å². The number of morpholine rings is 1. The van der Waals surface area contributed by atoms with Crippen LogP contribution in [0.4, 0.5) is 0 Å². The maximum absolute atomic E-state index is 12.3. The largest absolute Gasteiger partial charge is 0.378 e. The molecule has 1 aromatic rings. The van der Waals surface area contributed by atoms with Crippen molar-refractivity contribution >= 4 is 5.91 Å². The fourth-order valence-electron chi connectivity index (χ4n) is 3.29. The summed E-state index contributed by atoms with van der Waals surface area (Å²) in [4.78, 5) is 14.4. The molecule has 122 valence electrons. The minimum absolute atomic E-state index is 0.186. The Hall–Kier alpha value is -1.40. The van der Waals surface area contributed by atoms with E-state index in [4.69, 9.17) is 4.74 Å². The lowest BCUT2D eigenvalue weighted by atomic mass is 9.96. The third kappa shape index (κ3) is 4.08. The Morgan fingerprint density at radius 3 is 2.91 bits per heavy atom. The number of carbonyl (C=O) groups excluding carboxylic acids is 1. The van der Waals surface area contributed by atoms with Gasteiger partial charge in [0.05, 0.1) is 19.4 Å². The van der Waals surface area contributed by atoms with E-state index in [2.05, 4.69) is 23.5 Å². The van der Waals surface area contributed by atoms with Crippen molar-refractivity contribution in [2.24, 2.45) is 5.92 Å². The normalized spacial score (nSPS) is 23.7. The SMILES string of the molecule is Cc1cnn(CC2CCN(C(=O)C[C@@H]3COCCN3)CC2)c1. The highest BCUT2D eigenvalue weighted by atomic mass is 16.5. The van der Waals surface area contributed by atoms with Crippen LogP contribution in [0.3, 0.4) is 0 Å². The zero-order valence-electron chi connectivity index (χ0n) is 13.3. The van der Waals surface area contributed by atoms with Crippen molar-refractivity contribution in [1.82, 2.24) is 20.0 Å². The summed E-state index contributed by atoms with van der Waals surface area (Å²) in [6, 6.07) is 0.186. The van der Waals surface area contributed by atoms with Crippen LogP contribution in [0.1, 0.15) is 24.8 Å². The van der Waals surface area contributed by atoms with Crippen molar-refractivity contribution in [1.29, 1.82) is 0 Å². The summed E-state index contributed by atoms with van der Waals surface area (Å²) >= 11 is 0. The van der Waals surface area contributed by atoms with Gasteiger partial charge in [0.25, 0.3) is 0 Å². The van der Waals surface area contributed by atoms with Gasteiger partial charge in [-0.15, -0.1) is 0 Å². The van der Waals surface area contributed by atoms with Gasteiger partial charge in [0, 0.05) is 44.8 Å². The van der Waals surface area contributed by atoms with Crippen molar-refractivity contribution < 1.29 is 9.53 Å². The van der Waals surface area contributed by atoms with Gasteiger partial charge in [-0.3, -0.25) is 9.48 Å². The van der Waals surface area contributed by atoms with Gasteiger partial charge < -0.3 is 15.0 Å². The molecule has 2 saturated heterocycles. The number of rotatable bonds is 4. The Morgan fingerprint density at radius 2 is 2.27 bits per heavy atom. The molecule has 0 aromatic carbocycles. The molecule has 0 unspecified atom stereocenters. The average molecular weight is 306 g/mol. The van der Waals surface area contributed by atoms with Gasteiger partial charge in [-0.2, -0.15) is 5.10 Å². The standard InChI is InChI=1S/C16H26N4O2/c1-13-9-18-20(10-13)11-14-2-5-19(6-3-14)16(21)8-15-12-22-7-4-17-15/h9-10,14-15,17H,2-8,11-12H2,1H3/t15-/m1/s1. The van der Waals surface area contributed by atoms with Gasteiger partial charge >= 0.3 is 0 Å². The Balaban J connectivity index is 1.41. The molecule has 1 aromatic heterocycles. The van der Waals surface area contributed by atoms with Crippen LogP contribution in [0, 0.1) is 12.8 Å². The molecule has 1 atom stereocenters. The van der Waals surface area contributed by atoms with Crippen LogP contribution < -0.4 is 5.32 Å². The zero-order chi connectivity index (χ0) is 15.4. The second-order valence-corrected chi connectivity index (χ2v) is 6.49. The van der Waals surface area contributed by atoms with Crippen LogP contribution in [0.5, 0.6) is 0 Å². The van der Waals surface area contributed by atoms with Crippen LogP contribution in [-0.4, -0.2) is 59.5 Å². The van der Waals surface area contributed by atoms with Crippen LogP contribution >= 0.6 is 0 Å². The van der Waals surface area contributed by atoms with Gasteiger partial charge in [-0.05, 0) is 31.2 Å². The second kappa shape index (κ2) is 7.24. The van der Waals surface area contributed by atoms with E-state index in [9.17, 15) is 4.79 Å². The minimum atomic E-state index is 0.186. The number of aromatic nitrogens is 2. The number of ether oxygens (including phenoxy) is 1. The highest BCUT2D eigenvalue weighted by Gasteiger charge is 2.25. The van der Waals surface area contributed by atoms with Gasteiger partial charge in [0.1, 0.15) is 0 Å². The fourth-order valence-corrected chi connectivity index (χ4v) is 3.29. The number of likely N-dealkylation sites (tertiary alicyclic amines) is 1. The number of piperidine rings is 1. The van der Waals surface area contributed by atoms with Crippen LogP contribution in [0.15, 0.2) is 12.4 Å². The van der Waals surface area contributed by atoms with Crippen LogP contribution in [0.25, 0.3) is 0 Å². The predicted molar refractivity (Wildman–Crippen MR) is 83.5 cm³/mol. The van der Waals surface area contributed by atoms with E-state index < -0.39 is 0 Å². The van der Waals surface area contributed by atoms with Gasteiger partial charge in [0.2, 0.25) is 5.91 Å². The highest BCUT2D eigenvalue weighted by molar-refractivity contribution is 5.77. The quantitative estimate of drug-likeness (QED) is 0.894. The predicted octanol–water partition coefficient (Wildman–Crippen LogP) is 0.809. The Morgan fingerprint density at radius 1 is 1.45 bits per heavy atom. The van der Waals surface area contributed by atoms with E-state index >= 15 is 0 Å². The number of nitrogens with zero attached hydrogens (tertiary/aromatic N) is 3. The lowest BCUT2D eigenvalue weighted by Crippen LogP contribution is -2.46. The lowest BCUT2D eigenvalue weighted by molar-refractivity contribution is -0.133. The zero-order valence-corrected chi connectivity index (χ0v) is 13.3. The first-order chi connectivity index (χ1) is 10.7. The van der Waals surface area contributed by atoms with E-state index in [0.717, 1.165) is 45.6 Å². The number of nitrogens with one attached hydrogen (secondary N) is 1. The molecule has 6 heteroatoms. The van der Waals surface area contributed by atoms with E-state index in [0.29, 0.717) is 18.9 Å². The third-order valence-electron chi connectivity index (χ3n) is 4.59. The van der Waals surface area contributed by atoms with E-state index in [1.807, 2.05) is 15.8 Å². The molecule has 3 rings (SSSR count). The van der Waals surface area contributed by atoms with Gasteiger partial charge in [0.15, 0.2) is 0 Å². The molecule has 2 aliphatic rings. The summed E-state index contributed by atoms with van der Waals surface area (Å²) in [6.45, 7) is 7.03. The molecular weight excluding hydrogens is 280 g/mol. The van der Waals surface area contributed by atoms with Crippen LogP contribution in [0.2, 0.25) is 0 Å². The van der Waals surface area contributed by atoms with Crippen LogP contribution in [-0.2, 0) is 16.1 Å². The Bertz CT molecular complexity index is 488. The van der Waals surface area contributed by atoms with E-state index in [1.165, 1.54) is 5.56 Å². The molecule has 0 spiro atoms. The Kier molecular flexibility index (Phi) is 5.10. The molecule has 0 radical (unpaired) electrons. The van der Waals surface area contributed by atoms with Crippen molar-refractivity contribution in [2.45, 2.75) is 38.8 Å². The van der Waals surface area contributed by atoms with Crippen molar-refractivity contribution in [3.63, 3.8) is 0 Å². The fraction of sp³-hybridized carbons (Fsp3) is 0.750. The molecule has 6 nitrogen and oxygen atoms in total. The molecule has 2 fully saturated rings. The van der Waals surface area contributed by atoms with E-state index in [1.54, 1.807) is 0 Å². The maximum Gasteiger partial charge on any atom is 0.224 e. The Labute approximate surface area is 131 Å². The first-order valence-corrected chi connectivity index (χ1v) is 8.28. The average Bonchev–Trinajstić information content (AvgIpc) is 2.94. The highest BCUT2D eigenvalue weighted by Crippen LogP contribution is 2.20. The van der Waals surface area contributed by atoms with Gasteiger partial charge in [-0.1, -0.05) is 0 Å².